The van der Waals surface area contributed by atoms with Crippen molar-refractivity contribution in [1.82, 2.24) is 0 Å². The molecular formula is C24H21N2S2+. The fraction of sp³-hybridized carbons (Fsp3) is 0.250. The molecule has 0 saturated heterocycles. The number of thiophene rings is 1. The molecule has 0 radical (unpaired) electrons. The van der Waals surface area contributed by atoms with E-state index in [4.69, 9.17) is 6.57 Å². The molecule has 2 aromatic heterocycles. The molecule has 0 N–H and O–H groups in total. The van der Waals surface area contributed by atoms with Crippen LogP contribution in [0.2, 0.25) is 0 Å². The van der Waals surface area contributed by atoms with Crippen LogP contribution in [0.5, 0.6) is 0 Å². The highest BCUT2D eigenvalue weighted by Crippen LogP contribution is 2.50. The van der Waals surface area contributed by atoms with Crippen LogP contribution < -0.4 is 4.57 Å². The first-order valence-electron chi connectivity index (χ1n) is 9.41. The van der Waals surface area contributed by atoms with E-state index in [9.17, 15) is 0 Å². The van der Waals surface area contributed by atoms with Gasteiger partial charge in [0.1, 0.15) is 7.05 Å². The fourth-order valence-electron chi connectivity index (χ4n) is 4.29. The van der Waals surface area contributed by atoms with Crippen LogP contribution in [-0.2, 0) is 13.5 Å². The molecule has 1 aliphatic rings. The largest absolute Gasteiger partial charge is 0.311 e. The fourth-order valence-corrected chi connectivity index (χ4v) is 6.55. The Bertz CT molecular complexity index is 1320. The Morgan fingerprint density at radius 2 is 1.96 bits per heavy atom. The minimum atomic E-state index is -0.375. The lowest BCUT2D eigenvalue weighted by Gasteiger charge is -2.21. The number of aromatic nitrogens is 1. The highest BCUT2D eigenvalue weighted by atomic mass is 32.2. The monoisotopic (exact) mass is 401 g/mol. The molecule has 0 saturated carbocycles. The van der Waals surface area contributed by atoms with E-state index in [-0.39, 0.29) is 5.54 Å². The van der Waals surface area contributed by atoms with Crippen molar-refractivity contribution in [3.05, 3.63) is 64.5 Å². The second kappa shape index (κ2) is 6.07. The molecule has 0 bridgehead atoms. The van der Waals surface area contributed by atoms with Gasteiger partial charge in [-0.3, -0.25) is 0 Å². The van der Waals surface area contributed by atoms with E-state index in [2.05, 4.69) is 65.3 Å². The predicted octanol–water partition coefficient (Wildman–Crippen LogP) is 6.56. The minimum absolute atomic E-state index is 0.375. The molecule has 0 aliphatic carbocycles. The highest BCUT2D eigenvalue weighted by molar-refractivity contribution is 7.99. The van der Waals surface area contributed by atoms with Gasteiger partial charge in [-0.15, -0.1) is 11.3 Å². The van der Waals surface area contributed by atoms with E-state index in [0.717, 1.165) is 6.42 Å². The van der Waals surface area contributed by atoms with E-state index in [1.165, 1.54) is 53.0 Å². The summed E-state index contributed by atoms with van der Waals surface area (Å²) in [6.07, 6.45) is 2.94. The van der Waals surface area contributed by atoms with E-state index >= 15 is 0 Å². The molecule has 0 atom stereocenters. The van der Waals surface area contributed by atoms with E-state index in [1.54, 1.807) is 0 Å². The zero-order valence-corrected chi connectivity index (χ0v) is 18.1. The van der Waals surface area contributed by atoms with Gasteiger partial charge in [-0.05, 0) is 52.4 Å². The standard InChI is InChI=1S/C24H21N2S2/c1-14-17-7-9-27-18(17)12-20-21(14)23-22-16(6-8-26(23)5)10-15(11-19(22)28-20)13-24(2,3)25-4/h6-12H,13H2,1-3,5H3/q+1. The summed E-state index contributed by atoms with van der Waals surface area (Å²) in [7, 11) is 2.14. The number of aryl methyl sites for hydroxylation is 2. The van der Waals surface area contributed by atoms with Crippen LogP contribution in [0, 0.1) is 13.5 Å². The summed E-state index contributed by atoms with van der Waals surface area (Å²) in [6, 6.07) is 11.4. The Labute approximate surface area is 173 Å². The molecule has 0 unspecified atom stereocenters. The maximum Gasteiger partial charge on any atom is 0.231 e. The number of benzene rings is 2. The average molecular weight is 402 g/mol. The van der Waals surface area contributed by atoms with Crippen LogP contribution in [0.3, 0.4) is 0 Å². The Kier molecular flexibility index (Phi) is 3.84. The lowest BCUT2D eigenvalue weighted by molar-refractivity contribution is -0.659. The van der Waals surface area contributed by atoms with Gasteiger partial charge in [0.2, 0.25) is 11.2 Å². The first kappa shape index (κ1) is 17.7. The van der Waals surface area contributed by atoms with Crippen LogP contribution in [0.15, 0.2) is 51.7 Å². The number of rotatable bonds is 2. The molecule has 2 aromatic carbocycles. The number of hydrogen-bond acceptors (Lipinski definition) is 2. The molecule has 138 valence electrons. The lowest BCUT2D eigenvalue weighted by atomic mass is 9.92. The Hall–Kier alpha value is -2.35. The number of fused-ring (bicyclic) bond motifs is 3. The zero-order chi connectivity index (χ0) is 19.6. The summed E-state index contributed by atoms with van der Waals surface area (Å²) >= 11 is 3.69. The molecule has 4 heteroatoms. The van der Waals surface area contributed by atoms with Gasteiger partial charge in [0, 0.05) is 34.4 Å². The Balaban J connectivity index is 1.82. The van der Waals surface area contributed by atoms with Gasteiger partial charge in [-0.25, -0.2) is 11.1 Å². The molecule has 2 nitrogen and oxygen atoms in total. The molecule has 3 heterocycles. The summed E-state index contributed by atoms with van der Waals surface area (Å²) < 4.78 is 3.62. The van der Waals surface area contributed by atoms with Crippen LogP contribution in [0.1, 0.15) is 25.0 Å². The van der Waals surface area contributed by atoms with Crippen molar-refractivity contribution >= 4 is 44.0 Å². The Morgan fingerprint density at radius 1 is 1.14 bits per heavy atom. The molecular weight excluding hydrogens is 380 g/mol. The van der Waals surface area contributed by atoms with E-state index in [1.807, 2.05) is 36.9 Å². The second-order valence-electron chi connectivity index (χ2n) is 8.24. The van der Waals surface area contributed by atoms with Gasteiger partial charge in [0.25, 0.3) is 0 Å². The predicted molar refractivity (Wildman–Crippen MR) is 119 cm³/mol. The van der Waals surface area contributed by atoms with Gasteiger partial charge in [0.15, 0.2) is 6.20 Å². The van der Waals surface area contributed by atoms with Crippen molar-refractivity contribution in [2.75, 3.05) is 0 Å². The molecule has 0 amide bonds. The number of pyridine rings is 1. The van der Waals surface area contributed by atoms with Crippen molar-refractivity contribution in [3.8, 4) is 11.3 Å². The smallest absolute Gasteiger partial charge is 0.231 e. The van der Waals surface area contributed by atoms with Crippen molar-refractivity contribution in [3.63, 3.8) is 0 Å². The van der Waals surface area contributed by atoms with Crippen molar-refractivity contribution < 1.29 is 4.57 Å². The van der Waals surface area contributed by atoms with Crippen molar-refractivity contribution in [2.24, 2.45) is 7.05 Å². The summed E-state index contributed by atoms with van der Waals surface area (Å²) in [5.41, 5.74) is 4.91. The van der Waals surface area contributed by atoms with Crippen LogP contribution >= 0.6 is 23.1 Å². The number of nitrogens with zero attached hydrogens (tertiary/aromatic N) is 2. The lowest BCUT2D eigenvalue weighted by Crippen LogP contribution is -2.31. The van der Waals surface area contributed by atoms with Crippen LogP contribution in [-0.4, -0.2) is 5.54 Å². The number of hydrogen-bond donors (Lipinski definition) is 0. The normalized spacial score (nSPS) is 13.0. The molecule has 1 aliphatic heterocycles. The Morgan fingerprint density at radius 3 is 2.75 bits per heavy atom. The topological polar surface area (TPSA) is 8.24 Å². The summed E-state index contributed by atoms with van der Waals surface area (Å²) in [5, 5.41) is 6.15. The SMILES string of the molecule is [C-]#[N+]C(C)(C)Cc1cc2c3c([n+](C)ccc3c1)-c1c(cc3sccc3c1C)S2. The third-order valence-corrected chi connectivity index (χ3v) is 7.59. The second-order valence-corrected chi connectivity index (χ2v) is 10.3. The molecule has 28 heavy (non-hydrogen) atoms. The quantitative estimate of drug-likeness (QED) is 0.240. The first-order valence-corrected chi connectivity index (χ1v) is 11.1. The van der Waals surface area contributed by atoms with Gasteiger partial charge in [-0.2, -0.15) is 0 Å². The van der Waals surface area contributed by atoms with Crippen molar-refractivity contribution in [2.45, 2.75) is 42.5 Å². The van der Waals surface area contributed by atoms with Gasteiger partial charge >= 0.3 is 0 Å². The van der Waals surface area contributed by atoms with Gasteiger partial charge < -0.3 is 4.85 Å². The van der Waals surface area contributed by atoms with Gasteiger partial charge in [0.05, 0.1) is 17.4 Å². The van der Waals surface area contributed by atoms with Crippen molar-refractivity contribution in [1.29, 1.82) is 0 Å². The first-order chi connectivity index (χ1) is 13.4. The van der Waals surface area contributed by atoms with E-state index < -0.39 is 0 Å². The zero-order valence-electron chi connectivity index (χ0n) is 16.5. The van der Waals surface area contributed by atoms with E-state index in [0.29, 0.717) is 0 Å². The summed E-state index contributed by atoms with van der Waals surface area (Å²) in [4.78, 5) is 6.46. The molecule has 5 rings (SSSR count). The van der Waals surface area contributed by atoms with Crippen LogP contribution in [0.25, 0.3) is 37.0 Å². The van der Waals surface area contributed by atoms with Crippen LogP contribution in [0.4, 0.5) is 0 Å². The molecule has 0 spiro atoms. The molecule has 4 aromatic rings. The summed E-state index contributed by atoms with van der Waals surface area (Å²) in [5.74, 6) is 0. The summed E-state index contributed by atoms with van der Waals surface area (Å²) in [6.45, 7) is 13.8. The highest BCUT2D eigenvalue weighted by Gasteiger charge is 2.31. The molecule has 0 fully saturated rings. The third-order valence-electron chi connectivity index (χ3n) is 5.64. The minimum Gasteiger partial charge on any atom is -0.311 e. The average Bonchev–Trinajstić information content (AvgIpc) is 3.12. The van der Waals surface area contributed by atoms with Gasteiger partial charge in [-0.1, -0.05) is 17.8 Å². The maximum absolute atomic E-state index is 7.49. The maximum atomic E-state index is 7.49. The third kappa shape index (κ3) is 2.57.